The maximum atomic E-state index is 14.2. The Morgan fingerprint density at radius 3 is 2.04 bits per heavy atom. The molecule has 11 heteroatoms. The van der Waals surface area contributed by atoms with Crippen LogP contribution in [-0.2, 0) is 0 Å². The minimum absolute atomic E-state index is 0.175. The molecule has 2 aromatic carbocycles. The second-order valence-corrected chi connectivity index (χ2v) is 5.08. The van der Waals surface area contributed by atoms with E-state index >= 15 is 0 Å². The second-order valence-electron chi connectivity index (χ2n) is 4.67. The van der Waals surface area contributed by atoms with Gasteiger partial charge in [0.2, 0.25) is 0 Å². The summed E-state index contributed by atoms with van der Waals surface area (Å²) in [5, 5.41) is 32.7. The van der Waals surface area contributed by atoms with Gasteiger partial charge < -0.3 is 10.6 Å². The van der Waals surface area contributed by atoms with E-state index in [0.29, 0.717) is 0 Å². The van der Waals surface area contributed by atoms with E-state index in [1.54, 1.807) is 0 Å². The number of nitro groups is 1. The van der Waals surface area contributed by atoms with Gasteiger partial charge in [0.1, 0.15) is 23.3 Å². The Balaban J connectivity index is 2.32. The van der Waals surface area contributed by atoms with Gasteiger partial charge in [0.05, 0.1) is 10.6 Å². The van der Waals surface area contributed by atoms with Crippen LogP contribution in [0.5, 0.6) is 0 Å². The topological polar surface area (TPSA) is 115 Å². The Hall–Kier alpha value is -3.70. The minimum atomic E-state index is -1.78. The number of nitrogens with one attached hydrogen (secondary N) is 2. The zero-order chi connectivity index (χ0) is 19.4. The molecular formula is C15H6F3N5O2S. The number of halogens is 3. The quantitative estimate of drug-likeness (QED) is 0.364. The summed E-state index contributed by atoms with van der Waals surface area (Å²) in [6, 6.07) is 7.43. The largest absolute Gasteiger partial charge is 0.332 e. The van der Waals surface area contributed by atoms with Gasteiger partial charge in [-0.1, -0.05) is 0 Å². The van der Waals surface area contributed by atoms with Crippen LogP contribution in [-0.4, -0.2) is 10.0 Å². The van der Waals surface area contributed by atoms with Crippen LogP contribution in [0.15, 0.2) is 24.3 Å². The van der Waals surface area contributed by atoms with Crippen molar-refractivity contribution in [2.24, 2.45) is 0 Å². The minimum Gasteiger partial charge on any atom is -0.332 e. The summed E-state index contributed by atoms with van der Waals surface area (Å²) < 4.78 is 41.6. The van der Waals surface area contributed by atoms with Crippen LogP contribution >= 0.6 is 12.2 Å². The van der Waals surface area contributed by atoms with Crippen LogP contribution in [0.25, 0.3) is 0 Å². The molecule has 0 aromatic heterocycles. The molecular weight excluding hydrogens is 371 g/mol. The Kier molecular flexibility index (Phi) is 5.35. The van der Waals surface area contributed by atoms with Crippen molar-refractivity contribution in [1.29, 1.82) is 10.5 Å². The number of rotatable bonds is 3. The smallest absolute Gasteiger partial charge is 0.269 e. The third-order valence-corrected chi connectivity index (χ3v) is 3.32. The Morgan fingerprint density at radius 1 is 1.00 bits per heavy atom. The number of nitrogens with zero attached hydrogens (tertiary/aromatic N) is 3. The first-order valence-electron chi connectivity index (χ1n) is 6.63. The lowest BCUT2D eigenvalue weighted by atomic mass is 10.1. The lowest BCUT2D eigenvalue weighted by molar-refractivity contribution is -0.384. The first-order chi connectivity index (χ1) is 12.3. The van der Waals surface area contributed by atoms with Crippen molar-refractivity contribution in [3.8, 4) is 12.1 Å². The van der Waals surface area contributed by atoms with Crippen LogP contribution in [0.4, 0.5) is 30.2 Å². The molecule has 0 aliphatic rings. The van der Waals surface area contributed by atoms with E-state index in [0.717, 1.165) is 0 Å². The molecule has 0 aliphatic heterocycles. The Labute approximate surface area is 149 Å². The second kappa shape index (κ2) is 7.46. The van der Waals surface area contributed by atoms with Crippen LogP contribution in [0, 0.1) is 50.2 Å². The van der Waals surface area contributed by atoms with E-state index in [4.69, 9.17) is 22.7 Å². The number of hydrogen-bond acceptors (Lipinski definition) is 5. The molecule has 0 spiro atoms. The summed E-state index contributed by atoms with van der Waals surface area (Å²) in [4.78, 5) is 9.97. The molecule has 130 valence electrons. The SMILES string of the molecule is N#Cc1c(F)c(F)c(C#N)c(NC(=S)Nc2ccc([N+](=O)[O-])cc2)c1F. The molecule has 2 rings (SSSR count). The number of benzene rings is 2. The molecule has 2 N–H and O–H groups in total. The average molecular weight is 377 g/mol. The zero-order valence-electron chi connectivity index (χ0n) is 12.5. The van der Waals surface area contributed by atoms with E-state index in [1.165, 1.54) is 36.4 Å². The van der Waals surface area contributed by atoms with Crippen LogP contribution in [0.3, 0.4) is 0 Å². The maximum absolute atomic E-state index is 14.2. The summed E-state index contributed by atoms with van der Waals surface area (Å²) in [5.74, 6) is -4.94. The van der Waals surface area contributed by atoms with Gasteiger partial charge in [0.15, 0.2) is 22.6 Å². The van der Waals surface area contributed by atoms with Gasteiger partial charge in [-0.2, -0.15) is 10.5 Å². The van der Waals surface area contributed by atoms with Crippen molar-refractivity contribution < 1.29 is 18.1 Å². The van der Waals surface area contributed by atoms with E-state index in [9.17, 15) is 23.3 Å². The highest BCUT2D eigenvalue weighted by Gasteiger charge is 2.25. The van der Waals surface area contributed by atoms with E-state index in [2.05, 4.69) is 10.6 Å². The molecule has 0 unspecified atom stereocenters. The zero-order valence-corrected chi connectivity index (χ0v) is 13.3. The van der Waals surface area contributed by atoms with Crippen LogP contribution < -0.4 is 10.6 Å². The molecule has 0 fully saturated rings. The summed E-state index contributed by atoms with van der Waals surface area (Å²) in [7, 11) is 0. The van der Waals surface area contributed by atoms with Crippen molar-refractivity contribution in [3.63, 3.8) is 0 Å². The van der Waals surface area contributed by atoms with Crippen molar-refractivity contribution >= 4 is 34.4 Å². The number of anilines is 2. The van der Waals surface area contributed by atoms with Crippen molar-refractivity contribution in [2.45, 2.75) is 0 Å². The molecule has 0 radical (unpaired) electrons. The summed E-state index contributed by atoms with van der Waals surface area (Å²) in [5.41, 5.74) is -2.90. The highest BCUT2D eigenvalue weighted by atomic mass is 32.1. The maximum Gasteiger partial charge on any atom is 0.269 e. The standard InChI is InChI=1S/C15H6F3N5O2S/c16-11-9(5-19)13(18)14(10(6-20)12(11)17)22-15(26)21-7-1-3-8(4-2-7)23(24)25/h1-4H,(H2,21,22,26). The highest BCUT2D eigenvalue weighted by Crippen LogP contribution is 2.29. The van der Waals surface area contributed by atoms with Gasteiger partial charge in [-0.05, 0) is 24.4 Å². The number of hydrogen-bond donors (Lipinski definition) is 2. The third kappa shape index (κ3) is 3.53. The van der Waals surface area contributed by atoms with Gasteiger partial charge >= 0.3 is 0 Å². The molecule has 0 aliphatic carbocycles. The van der Waals surface area contributed by atoms with Gasteiger partial charge in [0, 0.05) is 17.8 Å². The average Bonchev–Trinajstić information content (AvgIpc) is 2.61. The molecule has 0 saturated heterocycles. The van der Waals surface area contributed by atoms with Crippen molar-refractivity contribution in [3.05, 3.63) is 63.0 Å². The van der Waals surface area contributed by atoms with Crippen molar-refractivity contribution in [2.75, 3.05) is 10.6 Å². The summed E-state index contributed by atoms with van der Waals surface area (Å²) >= 11 is 4.89. The Morgan fingerprint density at radius 2 is 1.54 bits per heavy atom. The predicted molar refractivity (Wildman–Crippen MR) is 88.7 cm³/mol. The molecule has 0 amide bonds. The molecule has 0 bridgehead atoms. The third-order valence-electron chi connectivity index (χ3n) is 3.12. The summed E-state index contributed by atoms with van der Waals surface area (Å²) in [6.07, 6.45) is 0. The molecule has 26 heavy (non-hydrogen) atoms. The molecule has 2 aromatic rings. The molecule has 0 atom stereocenters. The number of non-ortho nitro benzene ring substituents is 1. The number of nitro benzene ring substituents is 1. The lowest BCUT2D eigenvalue weighted by Gasteiger charge is -2.14. The number of thiocarbonyl (C=S) groups is 1. The van der Waals surface area contributed by atoms with Gasteiger partial charge in [-0.15, -0.1) is 0 Å². The van der Waals surface area contributed by atoms with Gasteiger partial charge in [-0.3, -0.25) is 10.1 Å². The van der Waals surface area contributed by atoms with Gasteiger partial charge in [-0.25, -0.2) is 13.2 Å². The fourth-order valence-electron chi connectivity index (χ4n) is 1.92. The predicted octanol–water partition coefficient (Wildman–Crippen LogP) is 3.56. The fraction of sp³-hybridized carbons (Fsp3) is 0. The summed E-state index contributed by atoms with van der Waals surface area (Å²) in [6.45, 7) is 0. The molecule has 0 saturated carbocycles. The van der Waals surface area contributed by atoms with E-state index in [-0.39, 0.29) is 16.5 Å². The normalized spacial score (nSPS) is 9.73. The molecule has 0 heterocycles. The fourth-order valence-corrected chi connectivity index (χ4v) is 2.14. The highest BCUT2D eigenvalue weighted by molar-refractivity contribution is 7.80. The first kappa shape index (κ1) is 18.6. The Bertz CT molecular complexity index is 997. The van der Waals surface area contributed by atoms with Crippen LogP contribution in [0.2, 0.25) is 0 Å². The van der Waals surface area contributed by atoms with Crippen molar-refractivity contribution in [1.82, 2.24) is 0 Å². The van der Waals surface area contributed by atoms with E-state index < -0.39 is 39.2 Å². The lowest BCUT2D eigenvalue weighted by Crippen LogP contribution is -2.21. The monoisotopic (exact) mass is 377 g/mol. The number of nitriles is 2. The van der Waals surface area contributed by atoms with Gasteiger partial charge in [0.25, 0.3) is 5.69 Å². The molecule has 7 nitrogen and oxygen atoms in total. The first-order valence-corrected chi connectivity index (χ1v) is 7.04. The van der Waals surface area contributed by atoms with E-state index in [1.807, 2.05) is 0 Å². The van der Waals surface area contributed by atoms with Crippen LogP contribution in [0.1, 0.15) is 11.1 Å².